The van der Waals surface area contributed by atoms with E-state index in [1.807, 2.05) is 65.6 Å². The van der Waals surface area contributed by atoms with Crippen LogP contribution in [0, 0.1) is 0 Å². The minimum Gasteiger partial charge on any atom is -0.385 e. The van der Waals surface area contributed by atoms with Crippen LogP contribution < -0.4 is 0 Å². The fourth-order valence-corrected chi connectivity index (χ4v) is 3.51. The molecule has 5 nitrogen and oxygen atoms in total. The first kappa shape index (κ1) is 16.5. The molecule has 0 unspecified atom stereocenters. The summed E-state index contributed by atoms with van der Waals surface area (Å²) in [4.78, 5) is 14.6. The third-order valence-electron chi connectivity index (χ3n) is 5.13. The van der Waals surface area contributed by atoms with Gasteiger partial charge in [0, 0.05) is 24.8 Å². The van der Waals surface area contributed by atoms with Crippen LogP contribution in [0.1, 0.15) is 28.8 Å². The smallest absolute Gasteiger partial charge is 0.253 e. The van der Waals surface area contributed by atoms with Crippen LogP contribution in [-0.2, 0) is 5.60 Å². The molecule has 3 aromatic rings. The highest BCUT2D eigenvalue weighted by atomic mass is 16.3. The molecule has 1 aromatic heterocycles. The number of carbonyl (C=O) groups is 1. The highest BCUT2D eigenvalue weighted by Gasteiger charge is 2.35. The Kier molecular flexibility index (Phi) is 4.31. The Hall–Kier alpha value is -2.92. The van der Waals surface area contributed by atoms with Crippen molar-refractivity contribution < 1.29 is 9.90 Å². The Balaban J connectivity index is 1.44. The first-order chi connectivity index (χ1) is 12.7. The molecule has 1 fully saturated rings. The number of likely N-dealkylation sites (tertiary alicyclic amines) is 1. The normalized spacial score (nSPS) is 16.4. The predicted molar refractivity (Wildman–Crippen MR) is 99.5 cm³/mol. The molecule has 0 bridgehead atoms. The summed E-state index contributed by atoms with van der Waals surface area (Å²) in [6.45, 7) is 1.10. The number of nitrogens with zero attached hydrogens (tertiary/aromatic N) is 2. The lowest BCUT2D eigenvalue weighted by molar-refractivity contribution is -0.0211. The van der Waals surface area contributed by atoms with E-state index in [1.54, 1.807) is 6.20 Å². The van der Waals surface area contributed by atoms with Crippen LogP contribution in [0.4, 0.5) is 0 Å². The molecule has 1 amide bonds. The van der Waals surface area contributed by atoms with Crippen LogP contribution >= 0.6 is 0 Å². The first-order valence-electron chi connectivity index (χ1n) is 8.83. The van der Waals surface area contributed by atoms with Gasteiger partial charge in [-0.3, -0.25) is 9.89 Å². The Bertz CT molecular complexity index is 865. The molecule has 5 heteroatoms. The van der Waals surface area contributed by atoms with Crippen LogP contribution in [0.2, 0.25) is 0 Å². The lowest BCUT2D eigenvalue weighted by Crippen LogP contribution is -2.45. The molecule has 1 saturated heterocycles. The largest absolute Gasteiger partial charge is 0.385 e. The summed E-state index contributed by atoms with van der Waals surface area (Å²) in [5, 5.41) is 17.8. The van der Waals surface area contributed by atoms with Crippen LogP contribution in [0.15, 0.2) is 66.9 Å². The zero-order valence-electron chi connectivity index (χ0n) is 14.4. The summed E-state index contributed by atoms with van der Waals surface area (Å²) in [5.41, 5.74) is 2.67. The standard InChI is InChI=1S/C21H21N3O2/c25-20(17-8-6-16(7-9-17)19-10-13-22-23-19)24-14-11-21(26,12-15-24)18-4-2-1-3-5-18/h1-10,13,26H,11-12,14-15H2,(H,22,23). The van der Waals surface area contributed by atoms with E-state index in [1.165, 1.54) is 0 Å². The summed E-state index contributed by atoms with van der Waals surface area (Å²) < 4.78 is 0. The fraction of sp³-hybridized carbons (Fsp3) is 0.238. The van der Waals surface area contributed by atoms with Gasteiger partial charge in [0.1, 0.15) is 0 Å². The van der Waals surface area contributed by atoms with Gasteiger partial charge >= 0.3 is 0 Å². The average Bonchev–Trinajstić information content (AvgIpc) is 3.24. The summed E-state index contributed by atoms with van der Waals surface area (Å²) in [6.07, 6.45) is 2.81. The number of carbonyl (C=O) groups excluding carboxylic acids is 1. The molecule has 132 valence electrons. The number of nitrogens with one attached hydrogen (secondary N) is 1. The number of hydrogen-bond donors (Lipinski definition) is 2. The van der Waals surface area contributed by atoms with Gasteiger partial charge in [-0.1, -0.05) is 42.5 Å². The second-order valence-corrected chi connectivity index (χ2v) is 6.74. The maximum absolute atomic E-state index is 12.8. The molecule has 2 N–H and O–H groups in total. The van der Waals surface area contributed by atoms with Gasteiger partial charge in [-0.15, -0.1) is 0 Å². The Morgan fingerprint density at radius 2 is 1.69 bits per heavy atom. The van der Waals surface area contributed by atoms with Crippen molar-refractivity contribution in [2.75, 3.05) is 13.1 Å². The van der Waals surface area contributed by atoms with Gasteiger partial charge < -0.3 is 10.0 Å². The van der Waals surface area contributed by atoms with Crippen molar-refractivity contribution in [1.82, 2.24) is 15.1 Å². The molecule has 2 heterocycles. The molecule has 1 aliphatic rings. The SMILES string of the molecule is O=C(c1ccc(-c2ccn[nH]2)cc1)N1CCC(O)(c2ccccc2)CC1. The summed E-state index contributed by atoms with van der Waals surface area (Å²) in [6, 6.07) is 19.1. The van der Waals surface area contributed by atoms with Crippen LogP contribution in [0.3, 0.4) is 0 Å². The number of rotatable bonds is 3. The second kappa shape index (κ2) is 6.77. The number of aliphatic hydroxyl groups is 1. The first-order valence-corrected chi connectivity index (χ1v) is 8.83. The molecule has 4 rings (SSSR count). The maximum atomic E-state index is 12.8. The van der Waals surface area contributed by atoms with Crippen molar-refractivity contribution in [3.63, 3.8) is 0 Å². The van der Waals surface area contributed by atoms with Crippen molar-refractivity contribution in [2.24, 2.45) is 0 Å². The Morgan fingerprint density at radius 3 is 2.31 bits per heavy atom. The molecular weight excluding hydrogens is 326 g/mol. The van der Waals surface area contributed by atoms with Crippen molar-refractivity contribution in [3.8, 4) is 11.3 Å². The van der Waals surface area contributed by atoms with E-state index in [4.69, 9.17) is 0 Å². The van der Waals surface area contributed by atoms with E-state index in [2.05, 4.69) is 10.2 Å². The monoisotopic (exact) mass is 347 g/mol. The van der Waals surface area contributed by atoms with Gasteiger partial charge in [-0.05, 0) is 42.2 Å². The van der Waals surface area contributed by atoms with Crippen molar-refractivity contribution in [3.05, 3.63) is 78.0 Å². The molecule has 0 atom stereocenters. The van der Waals surface area contributed by atoms with Crippen LogP contribution in [0.5, 0.6) is 0 Å². The molecule has 0 spiro atoms. The van der Waals surface area contributed by atoms with Crippen LogP contribution in [0.25, 0.3) is 11.3 Å². The van der Waals surface area contributed by atoms with Crippen LogP contribution in [-0.4, -0.2) is 39.2 Å². The lowest BCUT2D eigenvalue weighted by atomic mass is 9.84. The van der Waals surface area contributed by atoms with Crippen molar-refractivity contribution in [1.29, 1.82) is 0 Å². The van der Waals surface area contributed by atoms with Gasteiger partial charge in [0.2, 0.25) is 0 Å². The number of amides is 1. The van der Waals surface area contributed by atoms with E-state index in [0.29, 0.717) is 31.5 Å². The molecule has 26 heavy (non-hydrogen) atoms. The third-order valence-corrected chi connectivity index (χ3v) is 5.13. The number of aromatic amines is 1. The van der Waals surface area contributed by atoms with Gasteiger partial charge in [0.05, 0.1) is 11.3 Å². The van der Waals surface area contributed by atoms with E-state index >= 15 is 0 Å². The highest BCUT2D eigenvalue weighted by Crippen LogP contribution is 2.33. The molecule has 0 saturated carbocycles. The summed E-state index contributed by atoms with van der Waals surface area (Å²) in [7, 11) is 0. The number of piperidine rings is 1. The van der Waals surface area contributed by atoms with Gasteiger partial charge in [-0.25, -0.2) is 0 Å². The molecular formula is C21H21N3O2. The number of H-pyrrole nitrogens is 1. The van der Waals surface area contributed by atoms with Gasteiger partial charge in [-0.2, -0.15) is 5.10 Å². The molecule has 1 aliphatic heterocycles. The van der Waals surface area contributed by atoms with E-state index in [-0.39, 0.29) is 5.91 Å². The van der Waals surface area contributed by atoms with Gasteiger partial charge in [0.15, 0.2) is 0 Å². The van der Waals surface area contributed by atoms with Crippen molar-refractivity contribution in [2.45, 2.75) is 18.4 Å². The Labute approximate surface area is 152 Å². The minimum atomic E-state index is -0.845. The van der Waals surface area contributed by atoms with E-state index in [9.17, 15) is 9.90 Å². The predicted octanol–water partition coefficient (Wildman–Crippen LogP) is 3.20. The molecule has 0 radical (unpaired) electrons. The van der Waals surface area contributed by atoms with E-state index < -0.39 is 5.60 Å². The van der Waals surface area contributed by atoms with Crippen molar-refractivity contribution >= 4 is 5.91 Å². The topological polar surface area (TPSA) is 69.2 Å². The summed E-state index contributed by atoms with van der Waals surface area (Å²) >= 11 is 0. The van der Waals surface area contributed by atoms with Gasteiger partial charge in [0.25, 0.3) is 5.91 Å². The average molecular weight is 347 g/mol. The zero-order chi connectivity index (χ0) is 18.0. The fourth-order valence-electron chi connectivity index (χ4n) is 3.51. The highest BCUT2D eigenvalue weighted by molar-refractivity contribution is 5.94. The number of aromatic nitrogens is 2. The quantitative estimate of drug-likeness (QED) is 0.764. The van der Waals surface area contributed by atoms with E-state index in [0.717, 1.165) is 16.8 Å². The second-order valence-electron chi connectivity index (χ2n) is 6.74. The lowest BCUT2D eigenvalue weighted by Gasteiger charge is -2.38. The Morgan fingerprint density at radius 1 is 1.00 bits per heavy atom. The molecule has 2 aromatic carbocycles. The number of benzene rings is 2. The number of hydrogen-bond acceptors (Lipinski definition) is 3. The maximum Gasteiger partial charge on any atom is 0.253 e. The summed E-state index contributed by atoms with van der Waals surface area (Å²) in [5.74, 6) is 0.0104. The molecule has 0 aliphatic carbocycles. The minimum absolute atomic E-state index is 0.0104. The zero-order valence-corrected chi connectivity index (χ0v) is 14.4. The third kappa shape index (κ3) is 3.13.